The second-order valence-corrected chi connectivity index (χ2v) is 6.14. The van der Waals surface area contributed by atoms with Crippen LogP contribution < -0.4 is 10.9 Å². The van der Waals surface area contributed by atoms with E-state index in [-0.39, 0.29) is 12.1 Å². The summed E-state index contributed by atoms with van der Waals surface area (Å²) in [7, 11) is 0. The molecule has 0 bridgehead atoms. The lowest BCUT2D eigenvalue weighted by Crippen LogP contribution is -2.27. The van der Waals surface area contributed by atoms with Crippen molar-refractivity contribution in [3.63, 3.8) is 0 Å². The number of carbonyl (C=O) groups is 1. The molecular formula is C16H14FN3O2S. The molecule has 0 aliphatic rings. The molecule has 0 aliphatic heterocycles. The van der Waals surface area contributed by atoms with Gasteiger partial charge in [-0.3, -0.25) is 14.2 Å². The van der Waals surface area contributed by atoms with Gasteiger partial charge >= 0.3 is 0 Å². The van der Waals surface area contributed by atoms with Crippen LogP contribution in [0.3, 0.4) is 0 Å². The van der Waals surface area contributed by atoms with E-state index >= 15 is 0 Å². The molecule has 0 unspecified atom stereocenters. The average Bonchev–Trinajstić information content (AvgIpc) is 2.94. The minimum atomic E-state index is -0.437. The van der Waals surface area contributed by atoms with Crippen molar-refractivity contribution >= 4 is 33.1 Å². The molecule has 7 heteroatoms. The van der Waals surface area contributed by atoms with Crippen LogP contribution in [0, 0.1) is 5.82 Å². The summed E-state index contributed by atoms with van der Waals surface area (Å²) in [5, 5.41) is 3.08. The van der Waals surface area contributed by atoms with Gasteiger partial charge in [0.15, 0.2) is 0 Å². The topological polar surface area (TPSA) is 64.0 Å². The minimum absolute atomic E-state index is 0.171. The van der Waals surface area contributed by atoms with Crippen LogP contribution >= 0.6 is 11.3 Å². The Labute approximate surface area is 135 Å². The van der Waals surface area contributed by atoms with Crippen LogP contribution in [-0.2, 0) is 17.8 Å². The van der Waals surface area contributed by atoms with E-state index in [1.165, 1.54) is 40.4 Å². The Kier molecular flexibility index (Phi) is 4.20. The quantitative estimate of drug-likeness (QED) is 0.799. The molecule has 2 aromatic heterocycles. The van der Waals surface area contributed by atoms with Gasteiger partial charge in [0.05, 0.1) is 11.7 Å². The predicted molar refractivity (Wildman–Crippen MR) is 88.3 cm³/mol. The molecule has 1 N–H and O–H groups in total. The molecule has 0 atom stereocenters. The molecule has 0 radical (unpaired) electrons. The summed E-state index contributed by atoms with van der Waals surface area (Å²) < 4.78 is 14.4. The fourth-order valence-electron chi connectivity index (χ4n) is 2.22. The molecule has 1 aromatic carbocycles. The van der Waals surface area contributed by atoms with Gasteiger partial charge in [-0.25, -0.2) is 9.37 Å². The number of aryl methyl sites for hydroxylation is 1. The van der Waals surface area contributed by atoms with Gasteiger partial charge in [0.2, 0.25) is 5.91 Å². The van der Waals surface area contributed by atoms with E-state index in [0.717, 1.165) is 11.3 Å². The number of fused-ring (bicyclic) bond motifs is 1. The van der Waals surface area contributed by atoms with E-state index in [4.69, 9.17) is 0 Å². The van der Waals surface area contributed by atoms with Crippen molar-refractivity contribution in [2.45, 2.75) is 19.9 Å². The van der Waals surface area contributed by atoms with E-state index in [1.807, 2.05) is 13.0 Å². The highest BCUT2D eigenvalue weighted by Gasteiger charge is 2.11. The molecule has 2 heterocycles. The van der Waals surface area contributed by atoms with Gasteiger partial charge in [-0.15, -0.1) is 11.3 Å². The van der Waals surface area contributed by atoms with Crippen molar-refractivity contribution in [1.29, 1.82) is 0 Å². The van der Waals surface area contributed by atoms with Crippen LogP contribution in [0.25, 0.3) is 10.2 Å². The summed E-state index contributed by atoms with van der Waals surface area (Å²) in [6, 6.07) is 7.41. The van der Waals surface area contributed by atoms with Crippen LogP contribution in [0.1, 0.15) is 11.8 Å². The number of hydrogen-bond donors (Lipinski definition) is 1. The van der Waals surface area contributed by atoms with Gasteiger partial charge in [0.25, 0.3) is 5.56 Å². The maximum Gasteiger partial charge on any atom is 0.262 e. The monoisotopic (exact) mass is 331 g/mol. The summed E-state index contributed by atoms with van der Waals surface area (Å²) >= 11 is 1.48. The zero-order valence-corrected chi connectivity index (χ0v) is 13.2. The number of benzene rings is 1. The third-order valence-electron chi connectivity index (χ3n) is 3.34. The summed E-state index contributed by atoms with van der Waals surface area (Å²) in [6.45, 7) is 1.84. The first-order chi connectivity index (χ1) is 11.1. The maximum atomic E-state index is 13.1. The molecule has 118 valence electrons. The molecule has 0 saturated heterocycles. The van der Waals surface area contributed by atoms with Crippen molar-refractivity contribution < 1.29 is 9.18 Å². The van der Waals surface area contributed by atoms with E-state index in [9.17, 15) is 14.0 Å². The first kappa shape index (κ1) is 15.4. The smallest absolute Gasteiger partial charge is 0.262 e. The minimum Gasteiger partial charge on any atom is -0.324 e. The summed E-state index contributed by atoms with van der Waals surface area (Å²) in [5.41, 5.74) is 0.0984. The first-order valence-electron chi connectivity index (χ1n) is 7.10. The maximum absolute atomic E-state index is 13.1. The number of aromatic nitrogens is 2. The summed E-state index contributed by atoms with van der Waals surface area (Å²) in [6.07, 6.45) is 2.20. The van der Waals surface area contributed by atoms with Crippen LogP contribution in [0.2, 0.25) is 0 Å². The fourth-order valence-corrected chi connectivity index (χ4v) is 3.14. The Morgan fingerprint density at radius 3 is 2.96 bits per heavy atom. The Balaban J connectivity index is 1.82. The SMILES string of the molecule is CCc1cc2c(=O)n(CC(=O)Nc3cccc(F)c3)cnc2s1. The molecule has 5 nitrogen and oxygen atoms in total. The van der Waals surface area contributed by atoms with E-state index in [1.54, 1.807) is 6.07 Å². The molecule has 0 saturated carbocycles. The van der Waals surface area contributed by atoms with Crippen molar-refractivity contribution in [2.75, 3.05) is 5.32 Å². The summed E-state index contributed by atoms with van der Waals surface area (Å²) in [5.74, 6) is -0.849. The lowest BCUT2D eigenvalue weighted by atomic mass is 10.3. The number of nitrogens with one attached hydrogen (secondary N) is 1. The zero-order valence-electron chi connectivity index (χ0n) is 12.4. The number of amides is 1. The van der Waals surface area contributed by atoms with Gasteiger partial charge in [0, 0.05) is 10.6 Å². The van der Waals surface area contributed by atoms with Gasteiger partial charge in [0.1, 0.15) is 17.2 Å². The molecule has 0 spiro atoms. The molecule has 1 amide bonds. The number of halogens is 1. The Morgan fingerprint density at radius 2 is 2.22 bits per heavy atom. The second kappa shape index (κ2) is 6.29. The lowest BCUT2D eigenvalue weighted by Gasteiger charge is -2.07. The molecule has 23 heavy (non-hydrogen) atoms. The second-order valence-electron chi connectivity index (χ2n) is 5.02. The molecule has 3 rings (SSSR count). The highest BCUT2D eigenvalue weighted by molar-refractivity contribution is 7.18. The molecule has 3 aromatic rings. The van der Waals surface area contributed by atoms with E-state index in [0.29, 0.717) is 15.9 Å². The predicted octanol–water partition coefficient (Wildman–Crippen LogP) is 2.80. The highest BCUT2D eigenvalue weighted by Crippen LogP contribution is 2.20. The fraction of sp³-hybridized carbons (Fsp3) is 0.188. The average molecular weight is 331 g/mol. The number of nitrogens with zero attached hydrogens (tertiary/aromatic N) is 2. The van der Waals surface area contributed by atoms with Crippen molar-refractivity contribution in [3.05, 3.63) is 57.7 Å². The molecule has 0 fully saturated rings. The summed E-state index contributed by atoms with van der Waals surface area (Å²) in [4.78, 5) is 30.4. The Hall–Kier alpha value is -2.54. The first-order valence-corrected chi connectivity index (χ1v) is 7.91. The van der Waals surface area contributed by atoms with E-state index in [2.05, 4.69) is 10.3 Å². The third-order valence-corrected chi connectivity index (χ3v) is 4.53. The highest BCUT2D eigenvalue weighted by atomic mass is 32.1. The van der Waals surface area contributed by atoms with Crippen LogP contribution in [-0.4, -0.2) is 15.5 Å². The van der Waals surface area contributed by atoms with Crippen molar-refractivity contribution in [2.24, 2.45) is 0 Å². The number of hydrogen-bond acceptors (Lipinski definition) is 4. The Morgan fingerprint density at radius 1 is 1.39 bits per heavy atom. The largest absolute Gasteiger partial charge is 0.324 e. The van der Waals surface area contributed by atoms with Gasteiger partial charge in [-0.1, -0.05) is 13.0 Å². The van der Waals surface area contributed by atoms with Gasteiger partial charge < -0.3 is 5.32 Å². The number of carbonyl (C=O) groups excluding carboxylic acids is 1. The van der Waals surface area contributed by atoms with Crippen molar-refractivity contribution in [3.8, 4) is 0 Å². The standard InChI is InChI=1S/C16H14FN3O2S/c1-2-12-7-13-15(23-12)18-9-20(16(13)22)8-14(21)19-11-5-3-4-10(17)6-11/h3-7,9H,2,8H2,1H3,(H,19,21). The van der Waals surface area contributed by atoms with Gasteiger partial charge in [-0.05, 0) is 30.7 Å². The van der Waals surface area contributed by atoms with Crippen LogP contribution in [0.4, 0.5) is 10.1 Å². The normalized spacial score (nSPS) is 10.9. The van der Waals surface area contributed by atoms with Gasteiger partial charge in [-0.2, -0.15) is 0 Å². The van der Waals surface area contributed by atoms with Crippen molar-refractivity contribution in [1.82, 2.24) is 9.55 Å². The molecule has 0 aliphatic carbocycles. The van der Waals surface area contributed by atoms with Crippen LogP contribution in [0.15, 0.2) is 41.5 Å². The van der Waals surface area contributed by atoms with Crippen LogP contribution in [0.5, 0.6) is 0 Å². The number of anilines is 1. The third kappa shape index (κ3) is 3.29. The zero-order chi connectivity index (χ0) is 16.4. The Bertz CT molecular complexity index is 932. The van der Waals surface area contributed by atoms with E-state index < -0.39 is 11.7 Å². The number of thiophene rings is 1. The lowest BCUT2D eigenvalue weighted by molar-refractivity contribution is -0.116. The molecular weight excluding hydrogens is 317 g/mol. The number of rotatable bonds is 4.